The normalized spacial score (nSPS) is 20.8. The predicted molar refractivity (Wildman–Crippen MR) is 66.4 cm³/mol. The smallest absolute Gasteiger partial charge is 0.238 e. The fourth-order valence-corrected chi connectivity index (χ4v) is 2.29. The molecule has 4 heteroatoms. The van der Waals surface area contributed by atoms with Crippen LogP contribution in [0.2, 0.25) is 0 Å². The van der Waals surface area contributed by atoms with E-state index in [4.69, 9.17) is 0 Å². The Bertz CT molecular complexity index is 224. The van der Waals surface area contributed by atoms with Crippen LogP contribution >= 0.6 is 0 Å². The van der Waals surface area contributed by atoms with Crippen LogP contribution in [0.15, 0.2) is 0 Å². The van der Waals surface area contributed by atoms with Crippen molar-refractivity contribution >= 4 is 5.91 Å². The molecule has 1 saturated heterocycles. The van der Waals surface area contributed by atoms with E-state index in [1.165, 1.54) is 25.9 Å². The van der Waals surface area contributed by atoms with Gasteiger partial charge in [0.25, 0.3) is 0 Å². The van der Waals surface area contributed by atoms with Gasteiger partial charge < -0.3 is 15.1 Å². The fourth-order valence-electron chi connectivity index (χ4n) is 2.29. The molecule has 1 N–H and O–H groups in total. The minimum atomic E-state index is -0.0902. The molecular weight excluding hydrogens is 202 g/mol. The average molecular weight is 227 g/mol. The van der Waals surface area contributed by atoms with Crippen LogP contribution < -0.4 is 5.32 Å². The first kappa shape index (κ1) is 13.5. The third kappa shape index (κ3) is 4.10. The summed E-state index contributed by atoms with van der Waals surface area (Å²) in [4.78, 5) is 15.8. The van der Waals surface area contributed by atoms with Gasteiger partial charge in [0.15, 0.2) is 0 Å². The van der Waals surface area contributed by atoms with E-state index in [2.05, 4.69) is 17.1 Å². The first-order valence-corrected chi connectivity index (χ1v) is 6.20. The standard InChI is InChI=1S/C12H25N3O/c1-10(9-15-7-5-6-8-15)13-11(2)12(16)14(3)4/h10-11,13H,5-9H2,1-4H3. The maximum atomic E-state index is 11.7. The third-order valence-corrected chi connectivity index (χ3v) is 3.08. The number of likely N-dealkylation sites (N-methyl/N-ethyl adjacent to an activating group) is 1. The Balaban J connectivity index is 2.27. The van der Waals surface area contributed by atoms with E-state index in [0.717, 1.165) is 6.54 Å². The molecule has 0 aliphatic carbocycles. The number of likely N-dealkylation sites (tertiary alicyclic amines) is 1. The maximum Gasteiger partial charge on any atom is 0.238 e. The molecule has 0 radical (unpaired) electrons. The van der Waals surface area contributed by atoms with E-state index in [1.54, 1.807) is 19.0 Å². The van der Waals surface area contributed by atoms with Crippen molar-refractivity contribution in [1.82, 2.24) is 15.1 Å². The van der Waals surface area contributed by atoms with Gasteiger partial charge in [0, 0.05) is 26.7 Å². The molecular formula is C12H25N3O. The zero-order chi connectivity index (χ0) is 12.1. The number of carbonyl (C=O) groups excluding carboxylic acids is 1. The summed E-state index contributed by atoms with van der Waals surface area (Å²) in [6, 6.07) is 0.282. The van der Waals surface area contributed by atoms with Crippen molar-refractivity contribution < 1.29 is 4.79 Å². The van der Waals surface area contributed by atoms with Gasteiger partial charge in [-0.3, -0.25) is 4.79 Å². The Morgan fingerprint density at radius 1 is 1.31 bits per heavy atom. The highest BCUT2D eigenvalue weighted by molar-refractivity contribution is 5.80. The summed E-state index contributed by atoms with van der Waals surface area (Å²) in [7, 11) is 3.59. The molecule has 0 aromatic rings. The zero-order valence-corrected chi connectivity index (χ0v) is 11.0. The van der Waals surface area contributed by atoms with Gasteiger partial charge >= 0.3 is 0 Å². The number of rotatable bonds is 5. The zero-order valence-electron chi connectivity index (χ0n) is 11.0. The van der Waals surface area contributed by atoms with Crippen LogP contribution in [0.1, 0.15) is 26.7 Å². The molecule has 1 aliphatic heterocycles. The van der Waals surface area contributed by atoms with Crippen LogP contribution in [0.5, 0.6) is 0 Å². The number of carbonyl (C=O) groups is 1. The second kappa shape index (κ2) is 6.21. The molecule has 0 spiro atoms. The molecule has 0 aromatic heterocycles. The Morgan fingerprint density at radius 2 is 1.88 bits per heavy atom. The number of hydrogen-bond donors (Lipinski definition) is 1. The topological polar surface area (TPSA) is 35.6 Å². The van der Waals surface area contributed by atoms with Gasteiger partial charge in [0.1, 0.15) is 0 Å². The number of nitrogens with zero attached hydrogens (tertiary/aromatic N) is 2. The van der Waals surface area contributed by atoms with E-state index in [-0.39, 0.29) is 11.9 Å². The van der Waals surface area contributed by atoms with Crippen molar-refractivity contribution in [1.29, 1.82) is 0 Å². The Labute approximate surface area is 99.0 Å². The maximum absolute atomic E-state index is 11.7. The lowest BCUT2D eigenvalue weighted by Gasteiger charge is -2.25. The molecule has 1 aliphatic rings. The molecule has 4 nitrogen and oxygen atoms in total. The highest BCUT2D eigenvalue weighted by Gasteiger charge is 2.19. The van der Waals surface area contributed by atoms with E-state index in [1.807, 2.05) is 6.92 Å². The summed E-state index contributed by atoms with van der Waals surface area (Å²) in [5.41, 5.74) is 0. The average Bonchev–Trinajstić information content (AvgIpc) is 2.68. The van der Waals surface area contributed by atoms with Gasteiger partial charge in [-0.1, -0.05) is 0 Å². The monoisotopic (exact) mass is 227 g/mol. The lowest BCUT2D eigenvalue weighted by atomic mass is 10.2. The molecule has 2 unspecified atom stereocenters. The van der Waals surface area contributed by atoms with Crippen molar-refractivity contribution in [3.05, 3.63) is 0 Å². The molecule has 1 amide bonds. The molecule has 2 atom stereocenters. The molecule has 1 fully saturated rings. The quantitative estimate of drug-likeness (QED) is 0.744. The van der Waals surface area contributed by atoms with Crippen molar-refractivity contribution in [3.8, 4) is 0 Å². The van der Waals surface area contributed by atoms with E-state index >= 15 is 0 Å². The van der Waals surface area contributed by atoms with Crippen molar-refractivity contribution in [3.63, 3.8) is 0 Å². The lowest BCUT2D eigenvalue weighted by Crippen LogP contribution is -2.48. The van der Waals surface area contributed by atoms with E-state index < -0.39 is 0 Å². The molecule has 0 saturated carbocycles. The SMILES string of the molecule is CC(CN1CCCC1)NC(C)C(=O)N(C)C. The van der Waals surface area contributed by atoms with Crippen molar-refractivity contribution in [2.75, 3.05) is 33.7 Å². The summed E-state index contributed by atoms with van der Waals surface area (Å²) in [5.74, 6) is 0.147. The minimum Gasteiger partial charge on any atom is -0.347 e. The van der Waals surface area contributed by atoms with Crippen molar-refractivity contribution in [2.45, 2.75) is 38.8 Å². The molecule has 94 valence electrons. The van der Waals surface area contributed by atoms with Crippen LogP contribution in [0.4, 0.5) is 0 Å². The second-order valence-corrected chi connectivity index (χ2v) is 5.03. The van der Waals surface area contributed by atoms with E-state index in [9.17, 15) is 4.79 Å². The Kier molecular flexibility index (Phi) is 5.22. The first-order chi connectivity index (χ1) is 7.50. The summed E-state index contributed by atoms with van der Waals surface area (Å²) < 4.78 is 0. The summed E-state index contributed by atoms with van der Waals surface area (Å²) >= 11 is 0. The Morgan fingerprint density at radius 3 is 2.38 bits per heavy atom. The van der Waals surface area contributed by atoms with Crippen molar-refractivity contribution in [2.24, 2.45) is 0 Å². The number of amides is 1. The van der Waals surface area contributed by atoms with Gasteiger partial charge in [0.05, 0.1) is 6.04 Å². The third-order valence-electron chi connectivity index (χ3n) is 3.08. The van der Waals surface area contributed by atoms with Gasteiger partial charge in [-0.15, -0.1) is 0 Å². The van der Waals surface area contributed by atoms with Gasteiger partial charge in [0.2, 0.25) is 5.91 Å². The summed E-state index contributed by atoms with van der Waals surface area (Å²) in [5, 5.41) is 3.35. The largest absolute Gasteiger partial charge is 0.347 e. The molecule has 1 heterocycles. The number of nitrogens with one attached hydrogen (secondary N) is 1. The van der Waals surface area contributed by atoms with Gasteiger partial charge in [-0.25, -0.2) is 0 Å². The van der Waals surface area contributed by atoms with Gasteiger partial charge in [-0.2, -0.15) is 0 Å². The fraction of sp³-hybridized carbons (Fsp3) is 0.917. The highest BCUT2D eigenvalue weighted by Crippen LogP contribution is 2.07. The molecule has 1 rings (SSSR count). The van der Waals surface area contributed by atoms with Crippen LogP contribution in [-0.4, -0.2) is 61.5 Å². The van der Waals surface area contributed by atoms with Crippen LogP contribution in [0.3, 0.4) is 0 Å². The number of hydrogen-bond acceptors (Lipinski definition) is 3. The highest BCUT2D eigenvalue weighted by atomic mass is 16.2. The van der Waals surface area contributed by atoms with Crippen LogP contribution in [0.25, 0.3) is 0 Å². The van der Waals surface area contributed by atoms with Crippen LogP contribution in [0, 0.1) is 0 Å². The van der Waals surface area contributed by atoms with Crippen LogP contribution in [-0.2, 0) is 4.79 Å². The predicted octanol–water partition coefficient (Wildman–Crippen LogP) is 0.537. The summed E-state index contributed by atoms with van der Waals surface area (Å²) in [6.45, 7) is 7.55. The lowest BCUT2D eigenvalue weighted by molar-refractivity contribution is -0.130. The second-order valence-electron chi connectivity index (χ2n) is 5.03. The van der Waals surface area contributed by atoms with E-state index in [0.29, 0.717) is 6.04 Å². The first-order valence-electron chi connectivity index (χ1n) is 6.20. The molecule has 0 bridgehead atoms. The summed E-state index contributed by atoms with van der Waals surface area (Å²) in [6.07, 6.45) is 2.64. The molecule has 0 aromatic carbocycles. The van der Waals surface area contributed by atoms with Gasteiger partial charge in [-0.05, 0) is 39.8 Å². The minimum absolute atomic E-state index is 0.0902. The Hall–Kier alpha value is -0.610. The molecule has 16 heavy (non-hydrogen) atoms.